The van der Waals surface area contributed by atoms with E-state index in [-0.39, 0.29) is 0 Å². The zero-order valence-electron chi connectivity index (χ0n) is 9.71. The van der Waals surface area contributed by atoms with E-state index in [9.17, 15) is 0 Å². The fourth-order valence-electron chi connectivity index (χ4n) is 2.94. The lowest BCUT2D eigenvalue weighted by atomic mass is 9.77. The van der Waals surface area contributed by atoms with Crippen molar-refractivity contribution in [3.63, 3.8) is 0 Å². The lowest BCUT2D eigenvalue weighted by Gasteiger charge is -2.32. The van der Waals surface area contributed by atoms with Crippen molar-refractivity contribution >= 4 is 5.69 Å². The first-order valence-corrected chi connectivity index (χ1v) is 6.42. The lowest BCUT2D eigenvalue weighted by molar-refractivity contribution is 0.264. The summed E-state index contributed by atoms with van der Waals surface area (Å²) in [6.45, 7) is 1.13. The number of anilines is 1. The van der Waals surface area contributed by atoms with Crippen molar-refractivity contribution in [2.75, 3.05) is 11.9 Å². The van der Waals surface area contributed by atoms with Gasteiger partial charge in [-0.2, -0.15) is 0 Å². The molecule has 2 nitrogen and oxygen atoms in total. The Labute approximate surface area is 97.2 Å². The Bertz CT molecular complexity index is 380. The highest BCUT2D eigenvalue weighted by molar-refractivity contribution is 5.54. The van der Waals surface area contributed by atoms with Gasteiger partial charge in [0.25, 0.3) is 0 Å². The van der Waals surface area contributed by atoms with Crippen LogP contribution in [0.4, 0.5) is 5.69 Å². The Balaban J connectivity index is 1.71. The van der Waals surface area contributed by atoms with Crippen LogP contribution in [0.15, 0.2) is 18.2 Å². The molecule has 1 aliphatic carbocycles. The van der Waals surface area contributed by atoms with Gasteiger partial charge >= 0.3 is 0 Å². The summed E-state index contributed by atoms with van der Waals surface area (Å²) >= 11 is 0. The van der Waals surface area contributed by atoms with Crippen LogP contribution in [0.2, 0.25) is 0 Å². The van der Waals surface area contributed by atoms with E-state index in [4.69, 9.17) is 5.73 Å². The average Bonchev–Trinajstić information content (AvgIpc) is 2.27. The van der Waals surface area contributed by atoms with Gasteiger partial charge in [-0.25, -0.2) is 0 Å². The number of benzene rings is 1. The Morgan fingerprint density at radius 3 is 3.00 bits per heavy atom. The number of hydrogen-bond donors (Lipinski definition) is 2. The summed E-state index contributed by atoms with van der Waals surface area (Å²) < 4.78 is 0. The molecule has 0 radical (unpaired) electrons. The van der Waals surface area contributed by atoms with E-state index < -0.39 is 0 Å². The molecule has 2 aliphatic rings. The van der Waals surface area contributed by atoms with Crippen molar-refractivity contribution in [3.05, 3.63) is 29.3 Å². The number of nitrogens with two attached hydrogens (primary N) is 1. The highest BCUT2D eigenvalue weighted by atomic mass is 14.9. The molecular formula is C14H20N2. The summed E-state index contributed by atoms with van der Waals surface area (Å²) in [7, 11) is 0. The van der Waals surface area contributed by atoms with E-state index >= 15 is 0 Å². The first kappa shape index (κ1) is 10.2. The molecule has 0 aromatic heterocycles. The van der Waals surface area contributed by atoms with Crippen molar-refractivity contribution in [2.24, 2.45) is 11.7 Å². The second kappa shape index (κ2) is 4.10. The minimum absolute atomic E-state index is 0.476. The van der Waals surface area contributed by atoms with Crippen molar-refractivity contribution in [2.45, 2.75) is 38.1 Å². The van der Waals surface area contributed by atoms with Gasteiger partial charge in [0.15, 0.2) is 0 Å². The molecule has 0 amide bonds. The van der Waals surface area contributed by atoms with Crippen LogP contribution in [0.3, 0.4) is 0 Å². The predicted octanol–water partition coefficient (Wildman–Crippen LogP) is 2.32. The number of fused-ring (bicyclic) bond motifs is 1. The minimum Gasteiger partial charge on any atom is -0.385 e. The van der Waals surface area contributed by atoms with Crippen LogP contribution < -0.4 is 11.1 Å². The molecule has 2 heteroatoms. The van der Waals surface area contributed by atoms with E-state index in [0.717, 1.165) is 12.5 Å². The lowest BCUT2D eigenvalue weighted by Crippen LogP contribution is -2.37. The van der Waals surface area contributed by atoms with Gasteiger partial charge in [-0.05, 0) is 55.2 Å². The molecule has 0 saturated heterocycles. The highest BCUT2D eigenvalue weighted by Crippen LogP contribution is 2.31. The van der Waals surface area contributed by atoms with Crippen molar-refractivity contribution in [3.8, 4) is 0 Å². The van der Waals surface area contributed by atoms with Gasteiger partial charge in [-0.1, -0.05) is 12.1 Å². The number of aryl methyl sites for hydroxylation is 1. The van der Waals surface area contributed by atoms with Crippen molar-refractivity contribution in [1.82, 2.24) is 0 Å². The largest absolute Gasteiger partial charge is 0.385 e. The quantitative estimate of drug-likeness (QED) is 0.796. The Morgan fingerprint density at radius 2 is 2.19 bits per heavy atom. The second-order valence-corrected chi connectivity index (χ2v) is 5.32. The van der Waals surface area contributed by atoms with Gasteiger partial charge in [0.2, 0.25) is 0 Å². The summed E-state index contributed by atoms with van der Waals surface area (Å²) in [5.41, 5.74) is 10.2. The number of hydrogen-bond acceptors (Lipinski definition) is 2. The molecule has 86 valence electrons. The molecular weight excluding hydrogens is 196 g/mol. The van der Waals surface area contributed by atoms with E-state index in [1.54, 1.807) is 0 Å². The number of rotatable bonds is 2. The van der Waals surface area contributed by atoms with Crippen LogP contribution in [0.25, 0.3) is 0 Å². The molecule has 1 fully saturated rings. The molecule has 16 heavy (non-hydrogen) atoms. The predicted molar refractivity (Wildman–Crippen MR) is 67.7 cm³/mol. The zero-order valence-corrected chi connectivity index (χ0v) is 9.71. The average molecular weight is 216 g/mol. The van der Waals surface area contributed by atoms with E-state index in [1.807, 2.05) is 0 Å². The fourth-order valence-corrected chi connectivity index (χ4v) is 2.94. The third kappa shape index (κ3) is 1.94. The molecule has 3 N–H and O–H groups in total. The van der Waals surface area contributed by atoms with Gasteiger partial charge in [-0.3, -0.25) is 0 Å². The summed E-state index contributed by atoms with van der Waals surface area (Å²) in [5, 5.41) is 3.46. The SMILES string of the molecule is NC1CC(Cc2ccc3c(c2)CCCN3)C1. The van der Waals surface area contributed by atoms with E-state index in [2.05, 4.69) is 23.5 Å². The summed E-state index contributed by atoms with van der Waals surface area (Å²) in [6, 6.07) is 7.40. The maximum absolute atomic E-state index is 5.82. The fraction of sp³-hybridized carbons (Fsp3) is 0.571. The Hall–Kier alpha value is -1.02. The monoisotopic (exact) mass is 216 g/mol. The molecule has 0 atom stereocenters. The summed E-state index contributed by atoms with van der Waals surface area (Å²) in [6.07, 6.45) is 6.16. The molecule has 3 rings (SSSR count). The van der Waals surface area contributed by atoms with Crippen LogP contribution in [-0.4, -0.2) is 12.6 Å². The molecule has 1 aliphatic heterocycles. The van der Waals surface area contributed by atoms with Crippen LogP contribution in [-0.2, 0) is 12.8 Å². The number of nitrogens with one attached hydrogen (secondary N) is 1. The molecule has 1 aromatic carbocycles. The molecule has 0 spiro atoms. The van der Waals surface area contributed by atoms with Gasteiger partial charge < -0.3 is 11.1 Å². The molecule has 1 saturated carbocycles. The summed E-state index contributed by atoms with van der Waals surface area (Å²) in [4.78, 5) is 0. The minimum atomic E-state index is 0.476. The van der Waals surface area contributed by atoms with E-state index in [1.165, 1.54) is 48.9 Å². The second-order valence-electron chi connectivity index (χ2n) is 5.32. The summed E-state index contributed by atoms with van der Waals surface area (Å²) in [5.74, 6) is 0.838. The third-order valence-corrected chi connectivity index (χ3v) is 3.90. The van der Waals surface area contributed by atoms with Crippen LogP contribution >= 0.6 is 0 Å². The topological polar surface area (TPSA) is 38.0 Å². The van der Waals surface area contributed by atoms with Gasteiger partial charge in [0.05, 0.1) is 0 Å². The van der Waals surface area contributed by atoms with Crippen molar-refractivity contribution in [1.29, 1.82) is 0 Å². The van der Waals surface area contributed by atoms with Crippen LogP contribution in [0.5, 0.6) is 0 Å². The third-order valence-electron chi connectivity index (χ3n) is 3.90. The first-order valence-electron chi connectivity index (χ1n) is 6.42. The smallest absolute Gasteiger partial charge is 0.0372 e. The van der Waals surface area contributed by atoms with Crippen LogP contribution in [0, 0.1) is 5.92 Å². The van der Waals surface area contributed by atoms with Crippen LogP contribution in [0.1, 0.15) is 30.4 Å². The van der Waals surface area contributed by atoms with Gasteiger partial charge in [-0.15, -0.1) is 0 Å². The Morgan fingerprint density at radius 1 is 1.31 bits per heavy atom. The molecule has 1 aromatic rings. The normalized spacial score (nSPS) is 27.8. The first-order chi connectivity index (χ1) is 7.81. The maximum Gasteiger partial charge on any atom is 0.0372 e. The molecule has 1 heterocycles. The molecule has 0 bridgehead atoms. The molecule has 0 unspecified atom stereocenters. The van der Waals surface area contributed by atoms with Gasteiger partial charge in [0.1, 0.15) is 0 Å². The highest BCUT2D eigenvalue weighted by Gasteiger charge is 2.25. The standard InChI is InChI=1S/C14H20N2/c15-13-8-11(9-13)6-10-3-4-14-12(7-10)2-1-5-16-14/h3-4,7,11,13,16H,1-2,5-6,8-9,15H2. The maximum atomic E-state index is 5.82. The Kier molecular flexibility index (Phi) is 2.60. The zero-order chi connectivity index (χ0) is 11.0. The van der Waals surface area contributed by atoms with Crippen molar-refractivity contribution < 1.29 is 0 Å². The van der Waals surface area contributed by atoms with E-state index in [0.29, 0.717) is 6.04 Å². The van der Waals surface area contributed by atoms with Gasteiger partial charge in [0, 0.05) is 18.3 Å².